The monoisotopic (exact) mass is 657 g/mol. The fraction of sp³-hybridized carbons (Fsp3) is 0.0333. The van der Waals surface area contributed by atoms with Gasteiger partial charge in [0.25, 0.3) is 11.8 Å². The predicted molar refractivity (Wildman–Crippen MR) is 157 cm³/mol. The summed E-state index contributed by atoms with van der Waals surface area (Å²) in [5.41, 5.74) is 0.187. The summed E-state index contributed by atoms with van der Waals surface area (Å²) in [6, 6.07) is 21.9. The molecule has 4 aromatic carbocycles. The predicted octanol–water partition coefficient (Wildman–Crippen LogP) is 7.15. The number of thioether (sulfide) groups is 1. The zero-order chi connectivity index (χ0) is 30.2. The van der Waals surface area contributed by atoms with Crippen molar-refractivity contribution in [3.63, 3.8) is 0 Å². The van der Waals surface area contributed by atoms with E-state index < -0.39 is 46.7 Å². The van der Waals surface area contributed by atoms with Crippen LogP contribution in [0.25, 0.3) is 6.08 Å². The van der Waals surface area contributed by atoms with E-state index in [2.05, 4.69) is 26.6 Å². The lowest BCUT2D eigenvalue weighted by molar-refractivity contribution is -0.114. The third-order valence-electron chi connectivity index (χ3n) is 5.55. The fourth-order valence-corrected chi connectivity index (χ4v) is 4.66. The van der Waals surface area contributed by atoms with E-state index in [1.807, 2.05) is 11.4 Å². The Morgan fingerprint density at radius 1 is 0.786 bits per heavy atom. The molecule has 0 spiro atoms. The normalized spacial score (nSPS) is 11.1. The molecule has 0 bridgehead atoms. The molecule has 0 saturated carbocycles. The molecule has 4 aromatic rings. The number of carbonyl (C=O) groups excluding carboxylic acids is 3. The lowest BCUT2D eigenvalue weighted by atomic mass is 10.1. The molecule has 0 radical (unpaired) electrons. The second-order valence-corrected chi connectivity index (χ2v) is 10.6. The minimum Gasteiger partial charge on any atom is -0.321 e. The molecular formula is C30H20BrF4N3O3S. The van der Waals surface area contributed by atoms with Gasteiger partial charge < -0.3 is 16.0 Å². The molecule has 0 aromatic heterocycles. The average Bonchev–Trinajstić information content (AvgIpc) is 2.98. The minimum atomic E-state index is -1.71. The van der Waals surface area contributed by atoms with E-state index in [1.165, 1.54) is 6.08 Å². The van der Waals surface area contributed by atoms with Crippen LogP contribution < -0.4 is 16.0 Å². The highest BCUT2D eigenvalue weighted by atomic mass is 79.9. The smallest absolute Gasteiger partial charge is 0.272 e. The van der Waals surface area contributed by atoms with Gasteiger partial charge in [-0.2, -0.15) is 0 Å². The van der Waals surface area contributed by atoms with Crippen molar-refractivity contribution in [2.24, 2.45) is 0 Å². The van der Waals surface area contributed by atoms with Gasteiger partial charge >= 0.3 is 0 Å². The van der Waals surface area contributed by atoms with Crippen molar-refractivity contribution >= 4 is 62.9 Å². The Hall–Kier alpha value is -4.42. The largest absolute Gasteiger partial charge is 0.321 e. The number of carbonyl (C=O) groups is 3. The Balaban J connectivity index is 1.41. The van der Waals surface area contributed by atoms with Crippen LogP contribution in [0, 0.1) is 23.3 Å². The molecule has 0 saturated heterocycles. The Bertz CT molecular complexity index is 1640. The van der Waals surface area contributed by atoms with Gasteiger partial charge in [-0.1, -0.05) is 46.3 Å². The molecule has 0 aliphatic heterocycles. The van der Waals surface area contributed by atoms with Gasteiger partial charge in [0.2, 0.25) is 5.91 Å². The fourth-order valence-electron chi connectivity index (χ4n) is 3.55. The lowest BCUT2D eigenvalue weighted by Gasteiger charge is -2.12. The Kier molecular flexibility index (Phi) is 10.2. The molecule has 42 heavy (non-hydrogen) atoms. The van der Waals surface area contributed by atoms with Crippen LogP contribution in [-0.2, 0) is 9.59 Å². The molecule has 3 N–H and O–H groups in total. The van der Waals surface area contributed by atoms with E-state index in [9.17, 15) is 31.9 Å². The minimum absolute atomic E-state index is 0.00896. The van der Waals surface area contributed by atoms with Crippen molar-refractivity contribution in [1.29, 1.82) is 0 Å². The van der Waals surface area contributed by atoms with Crippen LogP contribution >= 0.6 is 27.7 Å². The van der Waals surface area contributed by atoms with Gasteiger partial charge in [-0.25, -0.2) is 17.6 Å². The van der Waals surface area contributed by atoms with E-state index in [0.29, 0.717) is 21.7 Å². The SMILES string of the molecule is O=C(CSc1ccc(NC(=O)/C(=C/c2cccc(Br)c2)NC(=O)c2ccccc2)cc1)Nc1c(F)c(F)cc(F)c1F. The summed E-state index contributed by atoms with van der Waals surface area (Å²) in [6.45, 7) is 0. The maximum Gasteiger partial charge on any atom is 0.272 e. The van der Waals surface area contributed by atoms with Crippen molar-refractivity contribution in [1.82, 2.24) is 5.32 Å². The molecule has 0 fully saturated rings. The molecular weight excluding hydrogens is 638 g/mol. The number of benzene rings is 4. The first kappa shape index (κ1) is 30.5. The van der Waals surface area contributed by atoms with Crippen molar-refractivity contribution in [3.8, 4) is 0 Å². The van der Waals surface area contributed by atoms with Gasteiger partial charge in [0, 0.05) is 26.7 Å². The van der Waals surface area contributed by atoms with E-state index in [1.54, 1.807) is 72.8 Å². The van der Waals surface area contributed by atoms with E-state index >= 15 is 0 Å². The van der Waals surface area contributed by atoms with Gasteiger partial charge in [-0.3, -0.25) is 14.4 Å². The zero-order valence-electron chi connectivity index (χ0n) is 21.4. The van der Waals surface area contributed by atoms with Gasteiger partial charge in [-0.15, -0.1) is 11.8 Å². The van der Waals surface area contributed by atoms with Crippen LogP contribution in [0.15, 0.2) is 100.0 Å². The van der Waals surface area contributed by atoms with Crippen molar-refractivity contribution in [2.45, 2.75) is 4.90 Å². The molecule has 0 aliphatic carbocycles. The van der Waals surface area contributed by atoms with Crippen molar-refractivity contribution < 1.29 is 31.9 Å². The van der Waals surface area contributed by atoms with Crippen LogP contribution in [0.3, 0.4) is 0 Å². The van der Waals surface area contributed by atoms with Crippen LogP contribution in [0.2, 0.25) is 0 Å². The van der Waals surface area contributed by atoms with E-state index in [4.69, 9.17) is 0 Å². The standard InChI is InChI=1S/C30H20BrF4N3O3S/c31-19-8-4-5-17(13-19)14-24(37-29(40)18-6-2-1-3-7-18)30(41)36-20-9-11-21(12-10-20)42-16-25(39)38-28-26(34)22(32)15-23(33)27(28)35/h1-15H,16H2,(H,36,41)(H,37,40)(H,38,39)/b24-14-. The molecule has 0 aliphatic rings. The summed E-state index contributed by atoms with van der Waals surface area (Å²) in [6.07, 6.45) is 1.53. The lowest BCUT2D eigenvalue weighted by Crippen LogP contribution is -2.30. The molecule has 3 amide bonds. The molecule has 12 heteroatoms. The molecule has 214 valence electrons. The first-order valence-electron chi connectivity index (χ1n) is 12.1. The number of anilines is 2. The first-order valence-corrected chi connectivity index (χ1v) is 13.9. The first-order chi connectivity index (χ1) is 20.1. The Labute approximate surface area is 250 Å². The quantitative estimate of drug-likeness (QED) is 0.0773. The maximum absolute atomic E-state index is 13.8. The average molecular weight is 658 g/mol. The zero-order valence-corrected chi connectivity index (χ0v) is 23.8. The number of hydrogen-bond acceptors (Lipinski definition) is 4. The molecule has 4 rings (SSSR count). The molecule has 0 atom stereocenters. The second-order valence-electron chi connectivity index (χ2n) is 8.59. The van der Waals surface area contributed by atoms with Crippen molar-refractivity contribution in [3.05, 3.63) is 129 Å². The molecule has 0 unspecified atom stereocenters. The van der Waals surface area contributed by atoms with Gasteiger partial charge in [0.15, 0.2) is 23.3 Å². The van der Waals surface area contributed by atoms with Crippen LogP contribution in [0.1, 0.15) is 15.9 Å². The van der Waals surface area contributed by atoms with Crippen LogP contribution in [0.4, 0.5) is 28.9 Å². The van der Waals surface area contributed by atoms with Gasteiger partial charge in [-0.05, 0) is 60.2 Å². The highest BCUT2D eigenvalue weighted by Crippen LogP contribution is 2.26. The maximum atomic E-state index is 13.8. The number of amides is 3. The summed E-state index contributed by atoms with van der Waals surface area (Å²) >= 11 is 4.36. The van der Waals surface area contributed by atoms with Crippen LogP contribution in [0.5, 0.6) is 0 Å². The molecule has 6 nitrogen and oxygen atoms in total. The Morgan fingerprint density at radius 3 is 2.10 bits per heavy atom. The topological polar surface area (TPSA) is 87.3 Å². The number of nitrogens with one attached hydrogen (secondary N) is 3. The summed E-state index contributed by atoms with van der Waals surface area (Å²) in [5, 5.41) is 7.19. The summed E-state index contributed by atoms with van der Waals surface area (Å²) in [7, 11) is 0. The number of rotatable bonds is 9. The third-order valence-corrected chi connectivity index (χ3v) is 7.05. The molecule has 0 heterocycles. The van der Waals surface area contributed by atoms with Crippen molar-refractivity contribution in [2.75, 3.05) is 16.4 Å². The van der Waals surface area contributed by atoms with Crippen LogP contribution in [-0.4, -0.2) is 23.5 Å². The number of hydrogen-bond donors (Lipinski definition) is 3. The highest BCUT2D eigenvalue weighted by Gasteiger charge is 2.21. The van der Waals surface area contributed by atoms with E-state index in [0.717, 1.165) is 16.2 Å². The van der Waals surface area contributed by atoms with Gasteiger partial charge in [0.05, 0.1) is 5.75 Å². The highest BCUT2D eigenvalue weighted by molar-refractivity contribution is 9.10. The third kappa shape index (κ3) is 8.08. The summed E-state index contributed by atoms with van der Waals surface area (Å²) < 4.78 is 55.1. The summed E-state index contributed by atoms with van der Waals surface area (Å²) in [5.74, 6) is -8.97. The summed E-state index contributed by atoms with van der Waals surface area (Å²) in [4.78, 5) is 38.6. The van der Waals surface area contributed by atoms with E-state index in [-0.39, 0.29) is 17.5 Å². The van der Waals surface area contributed by atoms with Gasteiger partial charge in [0.1, 0.15) is 11.4 Å². The second kappa shape index (κ2) is 14.0. The number of halogens is 5. The Morgan fingerprint density at radius 2 is 1.45 bits per heavy atom.